The highest BCUT2D eigenvalue weighted by molar-refractivity contribution is 5.93. The number of primary amides is 1. The molecule has 0 fully saturated rings. The molecule has 3 rings (SSSR count). The van der Waals surface area contributed by atoms with Crippen LogP contribution >= 0.6 is 0 Å². The van der Waals surface area contributed by atoms with Gasteiger partial charge in [0.2, 0.25) is 5.91 Å². The molecule has 5 N–H and O–H groups in total. The molecule has 154 valence electrons. The minimum absolute atomic E-state index is 0.0490. The van der Waals surface area contributed by atoms with Crippen molar-refractivity contribution < 1.29 is 23.5 Å². The SMILES string of the molecule is NC(=O)N[C@@H](CC(=O)NNC(=O)c1ccco1)c1cccc(Oc2ccccc2)c1. The van der Waals surface area contributed by atoms with E-state index in [9.17, 15) is 14.4 Å². The summed E-state index contributed by atoms with van der Waals surface area (Å²) in [5.74, 6) is 0.0795. The van der Waals surface area contributed by atoms with Gasteiger partial charge in [0.05, 0.1) is 18.7 Å². The Bertz CT molecular complexity index is 1010. The number of nitrogens with one attached hydrogen (secondary N) is 3. The standard InChI is InChI=1S/C21H20N4O5/c22-21(28)23-17(13-19(26)24-25-20(27)18-10-5-11-29-18)14-6-4-9-16(12-14)30-15-7-2-1-3-8-15/h1-12,17H,13H2,(H,24,26)(H,25,27)(H3,22,23,28)/t17-/m0/s1. The Morgan fingerprint density at radius 2 is 1.70 bits per heavy atom. The van der Waals surface area contributed by atoms with Gasteiger partial charge < -0.3 is 20.2 Å². The zero-order valence-corrected chi connectivity index (χ0v) is 15.8. The molecule has 0 spiro atoms. The smallest absolute Gasteiger partial charge is 0.312 e. The Balaban J connectivity index is 1.66. The van der Waals surface area contributed by atoms with Crippen molar-refractivity contribution in [2.24, 2.45) is 5.73 Å². The highest BCUT2D eigenvalue weighted by Crippen LogP contribution is 2.25. The van der Waals surface area contributed by atoms with Crippen molar-refractivity contribution in [3.05, 3.63) is 84.3 Å². The number of hydrogen-bond donors (Lipinski definition) is 4. The highest BCUT2D eigenvalue weighted by Gasteiger charge is 2.19. The summed E-state index contributed by atoms with van der Waals surface area (Å²) in [4.78, 5) is 35.5. The largest absolute Gasteiger partial charge is 0.459 e. The van der Waals surface area contributed by atoms with Crippen molar-refractivity contribution in [1.29, 1.82) is 0 Å². The number of amides is 4. The van der Waals surface area contributed by atoms with Crippen molar-refractivity contribution >= 4 is 17.8 Å². The number of rotatable bonds is 7. The molecule has 2 aromatic carbocycles. The van der Waals surface area contributed by atoms with Crippen LogP contribution in [0.5, 0.6) is 11.5 Å². The lowest BCUT2D eigenvalue weighted by Gasteiger charge is -2.18. The summed E-state index contributed by atoms with van der Waals surface area (Å²) >= 11 is 0. The van der Waals surface area contributed by atoms with Gasteiger partial charge in [0.1, 0.15) is 11.5 Å². The molecule has 9 nitrogen and oxygen atoms in total. The number of hydrogen-bond acceptors (Lipinski definition) is 5. The number of ether oxygens (including phenoxy) is 1. The van der Waals surface area contributed by atoms with Crippen LogP contribution in [0.15, 0.2) is 77.4 Å². The maximum absolute atomic E-state index is 12.3. The van der Waals surface area contributed by atoms with E-state index >= 15 is 0 Å². The summed E-state index contributed by atoms with van der Waals surface area (Å²) in [6, 6.07) is 17.6. The molecule has 0 aliphatic heterocycles. The number of carbonyl (C=O) groups excluding carboxylic acids is 3. The van der Waals surface area contributed by atoms with Crippen LogP contribution in [0, 0.1) is 0 Å². The van der Waals surface area contributed by atoms with Crippen LogP contribution in [-0.4, -0.2) is 17.8 Å². The summed E-state index contributed by atoms with van der Waals surface area (Å²) in [7, 11) is 0. The van der Waals surface area contributed by atoms with E-state index in [2.05, 4.69) is 16.2 Å². The minimum Gasteiger partial charge on any atom is -0.459 e. The van der Waals surface area contributed by atoms with Gasteiger partial charge in [0.15, 0.2) is 5.76 Å². The molecule has 1 aromatic heterocycles. The third kappa shape index (κ3) is 5.86. The molecule has 4 amide bonds. The Labute approximate surface area is 172 Å². The van der Waals surface area contributed by atoms with E-state index in [0.29, 0.717) is 17.1 Å². The molecule has 9 heteroatoms. The van der Waals surface area contributed by atoms with E-state index in [-0.39, 0.29) is 12.2 Å². The van der Waals surface area contributed by atoms with Gasteiger partial charge in [-0.3, -0.25) is 20.4 Å². The Kier molecular flexibility index (Phi) is 6.67. The Morgan fingerprint density at radius 3 is 2.40 bits per heavy atom. The first kappa shape index (κ1) is 20.5. The summed E-state index contributed by atoms with van der Waals surface area (Å²) < 4.78 is 10.7. The number of benzene rings is 2. The molecule has 30 heavy (non-hydrogen) atoms. The number of hydrazine groups is 1. The van der Waals surface area contributed by atoms with Crippen LogP contribution < -0.4 is 26.6 Å². The monoisotopic (exact) mass is 408 g/mol. The second-order valence-corrected chi connectivity index (χ2v) is 6.23. The molecular formula is C21H20N4O5. The van der Waals surface area contributed by atoms with E-state index in [1.807, 2.05) is 18.2 Å². The van der Waals surface area contributed by atoms with E-state index in [4.69, 9.17) is 14.9 Å². The van der Waals surface area contributed by atoms with Crippen LogP contribution in [0.2, 0.25) is 0 Å². The Morgan fingerprint density at radius 1 is 0.933 bits per heavy atom. The predicted octanol–water partition coefficient (Wildman–Crippen LogP) is 2.63. The van der Waals surface area contributed by atoms with Crippen LogP contribution in [-0.2, 0) is 4.79 Å². The molecule has 0 aliphatic rings. The first-order valence-electron chi connectivity index (χ1n) is 9.03. The van der Waals surface area contributed by atoms with E-state index in [1.54, 1.807) is 42.5 Å². The second-order valence-electron chi connectivity index (χ2n) is 6.23. The maximum atomic E-state index is 12.3. The van der Waals surface area contributed by atoms with E-state index in [1.165, 1.54) is 12.3 Å². The van der Waals surface area contributed by atoms with Gasteiger partial charge in [-0.1, -0.05) is 30.3 Å². The number of para-hydroxylation sites is 1. The first-order valence-corrected chi connectivity index (χ1v) is 9.03. The number of urea groups is 1. The molecule has 0 radical (unpaired) electrons. The topological polar surface area (TPSA) is 136 Å². The molecule has 0 unspecified atom stereocenters. The molecule has 1 atom stereocenters. The van der Waals surface area contributed by atoms with E-state index < -0.39 is 23.9 Å². The van der Waals surface area contributed by atoms with Gasteiger partial charge in [-0.15, -0.1) is 0 Å². The zero-order valence-electron chi connectivity index (χ0n) is 15.8. The average molecular weight is 408 g/mol. The molecular weight excluding hydrogens is 388 g/mol. The molecule has 0 saturated heterocycles. The van der Waals surface area contributed by atoms with Crippen LogP contribution in [0.25, 0.3) is 0 Å². The van der Waals surface area contributed by atoms with Gasteiger partial charge in [0.25, 0.3) is 0 Å². The quantitative estimate of drug-likeness (QED) is 0.446. The molecule has 0 bridgehead atoms. The molecule has 1 heterocycles. The van der Waals surface area contributed by atoms with Crippen LogP contribution in [0.3, 0.4) is 0 Å². The third-order valence-electron chi connectivity index (χ3n) is 4.01. The van der Waals surface area contributed by atoms with Crippen LogP contribution in [0.1, 0.15) is 28.6 Å². The lowest BCUT2D eigenvalue weighted by Crippen LogP contribution is -2.43. The predicted molar refractivity (Wildman–Crippen MR) is 107 cm³/mol. The van der Waals surface area contributed by atoms with Crippen molar-refractivity contribution in [2.45, 2.75) is 12.5 Å². The van der Waals surface area contributed by atoms with Gasteiger partial charge >= 0.3 is 11.9 Å². The van der Waals surface area contributed by atoms with Gasteiger partial charge in [-0.25, -0.2) is 4.79 Å². The van der Waals surface area contributed by atoms with Crippen molar-refractivity contribution in [2.75, 3.05) is 0 Å². The third-order valence-corrected chi connectivity index (χ3v) is 4.01. The normalized spacial score (nSPS) is 11.2. The summed E-state index contributed by atoms with van der Waals surface area (Å²) in [5, 5.41) is 2.52. The number of carbonyl (C=O) groups is 3. The van der Waals surface area contributed by atoms with Gasteiger partial charge in [-0.2, -0.15) is 0 Å². The maximum Gasteiger partial charge on any atom is 0.312 e. The van der Waals surface area contributed by atoms with E-state index in [0.717, 1.165) is 0 Å². The summed E-state index contributed by atoms with van der Waals surface area (Å²) in [6.07, 6.45) is 1.17. The highest BCUT2D eigenvalue weighted by atomic mass is 16.5. The zero-order chi connectivity index (χ0) is 21.3. The summed E-state index contributed by atoms with van der Waals surface area (Å²) in [5.41, 5.74) is 10.4. The van der Waals surface area contributed by atoms with Gasteiger partial charge in [-0.05, 0) is 42.0 Å². The number of furan rings is 1. The number of nitrogens with two attached hydrogens (primary N) is 1. The van der Waals surface area contributed by atoms with Crippen molar-refractivity contribution in [1.82, 2.24) is 16.2 Å². The lowest BCUT2D eigenvalue weighted by molar-refractivity contribution is -0.122. The lowest BCUT2D eigenvalue weighted by atomic mass is 10.0. The fraction of sp³-hybridized carbons (Fsp3) is 0.0952. The van der Waals surface area contributed by atoms with Gasteiger partial charge in [0, 0.05) is 0 Å². The molecule has 0 aliphatic carbocycles. The van der Waals surface area contributed by atoms with Crippen molar-refractivity contribution in [3.8, 4) is 11.5 Å². The summed E-state index contributed by atoms with van der Waals surface area (Å²) in [6.45, 7) is 0. The van der Waals surface area contributed by atoms with Crippen LogP contribution in [0.4, 0.5) is 4.79 Å². The van der Waals surface area contributed by atoms with Crippen molar-refractivity contribution in [3.63, 3.8) is 0 Å². The molecule has 3 aromatic rings. The fourth-order valence-corrected chi connectivity index (χ4v) is 2.68. The Hall–Kier alpha value is -4.27. The first-order chi connectivity index (χ1) is 14.5. The fourth-order valence-electron chi connectivity index (χ4n) is 2.68. The minimum atomic E-state index is -0.790. The molecule has 0 saturated carbocycles. The average Bonchev–Trinajstić information content (AvgIpc) is 3.27. The second kappa shape index (κ2) is 9.78.